The van der Waals surface area contributed by atoms with Crippen LogP contribution in [0, 0.1) is 0 Å². The van der Waals surface area contributed by atoms with Gasteiger partial charge >= 0.3 is 6.18 Å². The Morgan fingerprint density at radius 2 is 2.07 bits per heavy atom. The highest BCUT2D eigenvalue weighted by Gasteiger charge is 2.30. The van der Waals surface area contributed by atoms with Crippen molar-refractivity contribution >= 4 is 17.3 Å². The molecule has 0 fully saturated rings. The lowest BCUT2D eigenvalue weighted by molar-refractivity contribution is -0.135. The summed E-state index contributed by atoms with van der Waals surface area (Å²) in [7, 11) is 2.81. The van der Waals surface area contributed by atoms with E-state index in [1.807, 2.05) is 0 Å². The fourth-order valence-electron chi connectivity index (χ4n) is 0.953. The third-order valence-electron chi connectivity index (χ3n) is 1.55. The Morgan fingerprint density at radius 1 is 1.53 bits per heavy atom. The average molecular weight is 244 g/mol. The lowest BCUT2D eigenvalue weighted by atomic mass is 10.4. The minimum Gasteiger partial charge on any atom is -0.383 e. The monoisotopic (exact) mass is 244 g/mol. The first kappa shape index (κ1) is 14.4. The first-order valence-corrected chi connectivity index (χ1v) is 4.74. The molecule has 0 aromatic heterocycles. The second-order valence-corrected chi connectivity index (χ2v) is 3.66. The Balaban J connectivity index is 3.99. The van der Waals surface area contributed by atoms with Gasteiger partial charge in [0, 0.05) is 20.2 Å². The number of nitrogens with zero attached hydrogens (tertiary/aromatic N) is 1. The zero-order valence-electron chi connectivity index (χ0n) is 8.89. The van der Waals surface area contributed by atoms with Crippen LogP contribution in [0.5, 0.6) is 0 Å². The van der Waals surface area contributed by atoms with Crippen LogP contribution in [-0.4, -0.2) is 49.5 Å². The van der Waals surface area contributed by atoms with Gasteiger partial charge in [-0.2, -0.15) is 13.2 Å². The average Bonchev–Trinajstić information content (AvgIpc) is 2.00. The van der Waals surface area contributed by atoms with Gasteiger partial charge in [-0.15, -0.1) is 0 Å². The molecule has 0 saturated heterocycles. The first-order chi connectivity index (χ1) is 6.76. The number of methoxy groups -OCH3 is 1. The Labute approximate surface area is 92.6 Å². The molecule has 1 atom stereocenters. The molecule has 0 aliphatic heterocycles. The summed E-state index contributed by atoms with van der Waals surface area (Å²) >= 11 is 4.79. The third kappa shape index (κ3) is 7.38. The van der Waals surface area contributed by atoms with Crippen molar-refractivity contribution in [3.8, 4) is 0 Å². The minimum absolute atomic E-state index is 0.0666. The standard InChI is InChI=1S/C8H15F3N2OS/c1-6(4-14-3)12-7(15)13(2)5-8(9,10)11/h6H,4-5H2,1-3H3,(H,12,15). The SMILES string of the molecule is COCC(C)NC(=S)N(C)CC(F)(F)F. The Morgan fingerprint density at radius 3 is 2.47 bits per heavy atom. The molecule has 0 aromatic rings. The topological polar surface area (TPSA) is 24.5 Å². The largest absolute Gasteiger partial charge is 0.405 e. The van der Waals surface area contributed by atoms with E-state index in [9.17, 15) is 13.2 Å². The Kier molecular flexibility index (Phi) is 5.89. The maximum Gasteiger partial charge on any atom is 0.405 e. The minimum atomic E-state index is -4.25. The molecule has 1 unspecified atom stereocenters. The normalized spacial score (nSPS) is 13.5. The predicted molar refractivity (Wildman–Crippen MR) is 55.8 cm³/mol. The fourth-order valence-corrected chi connectivity index (χ4v) is 1.22. The van der Waals surface area contributed by atoms with Crippen LogP contribution in [-0.2, 0) is 4.74 Å². The molecule has 0 rings (SSSR count). The Hall–Kier alpha value is -0.560. The van der Waals surface area contributed by atoms with E-state index in [2.05, 4.69) is 5.32 Å². The maximum absolute atomic E-state index is 12.0. The smallest absolute Gasteiger partial charge is 0.383 e. The zero-order valence-corrected chi connectivity index (χ0v) is 9.71. The van der Waals surface area contributed by atoms with E-state index >= 15 is 0 Å². The molecule has 0 radical (unpaired) electrons. The summed E-state index contributed by atoms with van der Waals surface area (Å²) in [5, 5.41) is 2.80. The van der Waals surface area contributed by atoms with Crippen molar-refractivity contribution in [2.24, 2.45) is 0 Å². The molecule has 0 bridgehead atoms. The molecule has 0 spiro atoms. The van der Waals surface area contributed by atoms with Crippen LogP contribution in [0.2, 0.25) is 0 Å². The number of rotatable bonds is 4. The molecule has 7 heteroatoms. The van der Waals surface area contributed by atoms with Crippen molar-refractivity contribution in [3.63, 3.8) is 0 Å². The molecule has 0 aliphatic carbocycles. The second kappa shape index (κ2) is 6.12. The number of nitrogens with one attached hydrogen (secondary N) is 1. The second-order valence-electron chi connectivity index (χ2n) is 3.28. The van der Waals surface area contributed by atoms with Gasteiger partial charge in [0.25, 0.3) is 0 Å². The summed E-state index contributed by atoms with van der Waals surface area (Å²) in [6.07, 6.45) is -4.25. The lowest BCUT2D eigenvalue weighted by Crippen LogP contribution is -2.46. The molecule has 0 heterocycles. The highest BCUT2D eigenvalue weighted by atomic mass is 32.1. The predicted octanol–water partition coefficient (Wildman–Crippen LogP) is 1.39. The number of halogens is 3. The van der Waals surface area contributed by atoms with Gasteiger partial charge in [-0.3, -0.25) is 0 Å². The first-order valence-electron chi connectivity index (χ1n) is 4.33. The number of alkyl halides is 3. The van der Waals surface area contributed by atoms with Crippen LogP contribution < -0.4 is 5.32 Å². The maximum atomic E-state index is 12.0. The number of thiocarbonyl (C=S) groups is 1. The number of hydrogen-bond donors (Lipinski definition) is 1. The number of hydrogen-bond acceptors (Lipinski definition) is 2. The van der Waals surface area contributed by atoms with Crippen LogP contribution in [0.25, 0.3) is 0 Å². The molecule has 1 N–H and O–H groups in total. The van der Waals surface area contributed by atoms with Gasteiger partial charge in [-0.05, 0) is 19.1 Å². The van der Waals surface area contributed by atoms with Crippen molar-refractivity contribution in [1.29, 1.82) is 0 Å². The third-order valence-corrected chi connectivity index (χ3v) is 1.98. The fraction of sp³-hybridized carbons (Fsp3) is 0.875. The summed E-state index contributed by atoms with van der Waals surface area (Å²) in [6.45, 7) is 1.11. The van der Waals surface area contributed by atoms with Gasteiger partial charge in [0.1, 0.15) is 6.54 Å². The molecule has 90 valence electrons. The van der Waals surface area contributed by atoms with Gasteiger partial charge in [-0.1, -0.05) is 0 Å². The van der Waals surface area contributed by atoms with Crippen LogP contribution in [0.15, 0.2) is 0 Å². The van der Waals surface area contributed by atoms with Gasteiger partial charge < -0.3 is 15.0 Å². The summed E-state index contributed by atoms with van der Waals surface area (Å²) in [5.41, 5.74) is 0. The van der Waals surface area contributed by atoms with Crippen molar-refractivity contribution < 1.29 is 17.9 Å². The molecule has 0 aromatic carbocycles. The summed E-state index contributed by atoms with van der Waals surface area (Å²) in [5.74, 6) is 0. The van der Waals surface area contributed by atoms with Gasteiger partial charge in [0.05, 0.1) is 6.61 Å². The highest BCUT2D eigenvalue weighted by Crippen LogP contribution is 2.15. The van der Waals surface area contributed by atoms with Gasteiger partial charge in [0.2, 0.25) is 0 Å². The molecular formula is C8H15F3N2OS. The summed E-state index contributed by atoms with van der Waals surface area (Å²) in [6, 6.07) is -0.113. The molecular weight excluding hydrogens is 229 g/mol. The Bertz CT molecular complexity index is 211. The van der Waals surface area contributed by atoms with E-state index in [-0.39, 0.29) is 11.2 Å². The van der Waals surface area contributed by atoms with Crippen LogP contribution >= 0.6 is 12.2 Å². The molecule has 3 nitrogen and oxygen atoms in total. The quantitative estimate of drug-likeness (QED) is 0.755. The van der Waals surface area contributed by atoms with E-state index in [1.54, 1.807) is 6.92 Å². The highest BCUT2D eigenvalue weighted by molar-refractivity contribution is 7.80. The molecule has 0 saturated carbocycles. The van der Waals surface area contributed by atoms with E-state index in [1.165, 1.54) is 14.2 Å². The van der Waals surface area contributed by atoms with E-state index in [4.69, 9.17) is 17.0 Å². The van der Waals surface area contributed by atoms with E-state index in [0.29, 0.717) is 6.61 Å². The van der Waals surface area contributed by atoms with Crippen molar-refractivity contribution in [3.05, 3.63) is 0 Å². The molecule has 0 aliphatic rings. The molecule has 0 amide bonds. The van der Waals surface area contributed by atoms with Gasteiger partial charge in [0.15, 0.2) is 5.11 Å². The zero-order chi connectivity index (χ0) is 12.1. The number of ether oxygens (including phenoxy) is 1. The molecule has 15 heavy (non-hydrogen) atoms. The van der Waals surface area contributed by atoms with E-state index < -0.39 is 12.7 Å². The summed E-state index contributed by atoms with van der Waals surface area (Å²) < 4.78 is 40.8. The van der Waals surface area contributed by atoms with Crippen LogP contribution in [0.3, 0.4) is 0 Å². The van der Waals surface area contributed by atoms with Crippen LogP contribution in [0.4, 0.5) is 13.2 Å². The van der Waals surface area contributed by atoms with Gasteiger partial charge in [-0.25, -0.2) is 0 Å². The lowest BCUT2D eigenvalue weighted by Gasteiger charge is -2.24. The van der Waals surface area contributed by atoms with Crippen LogP contribution in [0.1, 0.15) is 6.92 Å². The van der Waals surface area contributed by atoms with Crippen molar-refractivity contribution in [2.75, 3.05) is 27.3 Å². The van der Waals surface area contributed by atoms with Crippen molar-refractivity contribution in [2.45, 2.75) is 19.1 Å². The summed E-state index contributed by atoms with van der Waals surface area (Å²) in [4.78, 5) is 0.946. The van der Waals surface area contributed by atoms with Crippen molar-refractivity contribution in [1.82, 2.24) is 10.2 Å². The van der Waals surface area contributed by atoms with E-state index in [0.717, 1.165) is 4.90 Å².